The third kappa shape index (κ3) is 2.57. The summed E-state index contributed by atoms with van der Waals surface area (Å²) in [5, 5.41) is 0. The van der Waals surface area contributed by atoms with E-state index >= 15 is 0 Å². The summed E-state index contributed by atoms with van der Waals surface area (Å²) in [6.45, 7) is 8.10. The summed E-state index contributed by atoms with van der Waals surface area (Å²) in [6.07, 6.45) is 7.67. The van der Waals surface area contributed by atoms with Crippen molar-refractivity contribution in [2.24, 2.45) is 28.1 Å². The first-order valence-corrected chi connectivity index (χ1v) is 12.3. The van der Waals surface area contributed by atoms with Crippen LogP contribution in [0.2, 0.25) is 0 Å². The Kier molecular flexibility index (Phi) is 4.75. The van der Waals surface area contributed by atoms with E-state index in [1.54, 1.807) is 0 Å². The second kappa shape index (κ2) is 6.98. The number of hydrogen-bond acceptors (Lipinski definition) is 5. The van der Waals surface area contributed by atoms with Gasteiger partial charge in [0.2, 0.25) is 0 Å². The predicted molar refractivity (Wildman–Crippen MR) is 119 cm³/mol. The average molecular weight is 439 g/mol. The van der Waals surface area contributed by atoms with Crippen LogP contribution in [-0.4, -0.2) is 29.4 Å². The Morgan fingerprint density at radius 3 is 2.59 bits per heavy atom. The van der Waals surface area contributed by atoms with Crippen molar-refractivity contribution >= 4 is 23.3 Å². The number of ketones is 3. The Morgan fingerprint density at radius 1 is 1.12 bits per heavy atom. The molecule has 0 radical (unpaired) electrons. The molecular formula is C27H34O5. The quantitative estimate of drug-likeness (QED) is 0.472. The molecule has 5 heteroatoms. The van der Waals surface area contributed by atoms with Crippen LogP contribution >= 0.6 is 0 Å². The van der Waals surface area contributed by atoms with E-state index in [-0.39, 0.29) is 52.2 Å². The SMILES string of the molecule is CCC(C)OC(=O)C1=C2C3=CC[C@@]4(C)CCC(=O)[C@@]34CCC2C2(C)CCC(=O)CC2C1=O. The molecule has 0 aromatic rings. The van der Waals surface area contributed by atoms with E-state index < -0.39 is 17.3 Å². The highest BCUT2D eigenvalue weighted by Gasteiger charge is 2.67. The average Bonchev–Trinajstić information content (AvgIpc) is 3.19. The van der Waals surface area contributed by atoms with Gasteiger partial charge >= 0.3 is 5.97 Å². The molecule has 3 saturated carbocycles. The highest BCUT2D eigenvalue weighted by Crippen LogP contribution is 2.71. The summed E-state index contributed by atoms with van der Waals surface area (Å²) in [6, 6.07) is 0. The van der Waals surface area contributed by atoms with Gasteiger partial charge in [-0.1, -0.05) is 26.8 Å². The molecule has 0 saturated heterocycles. The summed E-state index contributed by atoms with van der Waals surface area (Å²) in [5.41, 5.74) is 0.813. The molecule has 0 N–H and O–H groups in total. The number of carbonyl (C=O) groups is 4. The number of allylic oxidation sites excluding steroid dienone is 3. The van der Waals surface area contributed by atoms with Gasteiger partial charge in [-0.3, -0.25) is 14.4 Å². The molecule has 5 rings (SSSR count). The first-order valence-electron chi connectivity index (χ1n) is 12.3. The lowest BCUT2D eigenvalue weighted by Crippen LogP contribution is -2.54. The van der Waals surface area contributed by atoms with Crippen LogP contribution in [0.15, 0.2) is 22.8 Å². The van der Waals surface area contributed by atoms with Crippen LogP contribution in [0.3, 0.4) is 0 Å². The fourth-order valence-corrected chi connectivity index (χ4v) is 7.78. The molecule has 6 atom stereocenters. The summed E-state index contributed by atoms with van der Waals surface area (Å²) in [7, 11) is 0. The molecule has 0 bridgehead atoms. The lowest BCUT2D eigenvalue weighted by Gasteiger charge is -2.55. The number of rotatable bonds is 3. The fourth-order valence-electron chi connectivity index (χ4n) is 7.78. The highest BCUT2D eigenvalue weighted by molar-refractivity contribution is 6.21. The van der Waals surface area contributed by atoms with Crippen LogP contribution in [0.25, 0.3) is 0 Å². The van der Waals surface area contributed by atoms with Crippen molar-refractivity contribution in [2.75, 3.05) is 0 Å². The van der Waals surface area contributed by atoms with Gasteiger partial charge < -0.3 is 4.74 Å². The van der Waals surface area contributed by atoms with E-state index in [9.17, 15) is 19.2 Å². The van der Waals surface area contributed by atoms with Crippen LogP contribution in [0.1, 0.15) is 85.5 Å². The van der Waals surface area contributed by atoms with Gasteiger partial charge in [0.05, 0.1) is 11.5 Å². The third-order valence-corrected chi connectivity index (χ3v) is 9.96. The van der Waals surface area contributed by atoms with Crippen molar-refractivity contribution in [3.8, 4) is 0 Å². The third-order valence-electron chi connectivity index (χ3n) is 9.96. The minimum absolute atomic E-state index is 0.00501. The molecule has 5 aliphatic carbocycles. The van der Waals surface area contributed by atoms with Gasteiger partial charge in [-0.25, -0.2) is 4.79 Å². The zero-order chi connectivity index (χ0) is 23.1. The van der Waals surface area contributed by atoms with Crippen LogP contribution in [0.4, 0.5) is 0 Å². The van der Waals surface area contributed by atoms with Crippen LogP contribution < -0.4 is 0 Å². The summed E-state index contributed by atoms with van der Waals surface area (Å²) in [4.78, 5) is 53.0. The van der Waals surface area contributed by atoms with Gasteiger partial charge in [0.1, 0.15) is 17.1 Å². The lowest BCUT2D eigenvalue weighted by molar-refractivity contribution is -0.149. The minimum atomic E-state index is -0.575. The Bertz CT molecular complexity index is 1000. The Labute approximate surface area is 190 Å². The van der Waals surface area contributed by atoms with Crippen molar-refractivity contribution in [1.29, 1.82) is 0 Å². The first-order chi connectivity index (χ1) is 15.1. The van der Waals surface area contributed by atoms with E-state index in [1.165, 1.54) is 0 Å². The molecule has 172 valence electrons. The normalized spacial score (nSPS) is 41.5. The number of carbonyl (C=O) groups excluding carboxylic acids is 4. The van der Waals surface area contributed by atoms with Crippen LogP contribution in [0, 0.1) is 28.1 Å². The summed E-state index contributed by atoms with van der Waals surface area (Å²) >= 11 is 0. The Hall–Kier alpha value is -2.04. The number of ether oxygens (including phenoxy) is 1. The number of hydrogen-bond donors (Lipinski definition) is 0. The lowest BCUT2D eigenvalue weighted by atomic mass is 9.46. The molecule has 0 heterocycles. The van der Waals surface area contributed by atoms with Gasteiger partial charge in [-0.15, -0.1) is 0 Å². The van der Waals surface area contributed by atoms with E-state index in [0.29, 0.717) is 25.7 Å². The molecule has 0 aromatic heterocycles. The van der Waals surface area contributed by atoms with Gasteiger partial charge in [0, 0.05) is 25.2 Å². The van der Waals surface area contributed by atoms with E-state index in [1.807, 2.05) is 13.8 Å². The number of Topliss-reactive ketones (excluding diaryl/α,β-unsaturated/α-hetero) is 3. The van der Waals surface area contributed by atoms with E-state index in [2.05, 4.69) is 19.9 Å². The maximum Gasteiger partial charge on any atom is 0.342 e. The summed E-state index contributed by atoms with van der Waals surface area (Å²) < 4.78 is 5.69. The smallest absolute Gasteiger partial charge is 0.342 e. The largest absolute Gasteiger partial charge is 0.459 e. The molecule has 0 aliphatic heterocycles. The Morgan fingerprint density at radius 2 is 1.88 bits per heavy atom. The maximum atomic E-state index is 13.9. The second-order valence-electron chi connectivity index (χ2n) is 11.4. The monoisotopic (exact) mass is 438 g/mol. The molecule has 1 spiro atoms. The van der Waals surface area contributed by atoms with Gasteiger partial charge in [-0.2, -0.15) is 0 Å². The van der Waals surface area contributed by atoms with Gasteiger partial charge in [0.15, 0.2) is 5.78 Å². The van der Waals surface area contributed by atoms with E-state index in [4.69, 9.17) is 4.74 Å². The van der Waals surface area contributed by atoms with Gasteiger partial charge in [-0.05, 0) is 73.3 Å². The molecule has 32 heavy (non-hydrogen) atoms. The van der Waals surface area contributed by atoms with Crippen molar-refractivity contribution < 1.29 is 23.9 Å². The standard InChI is InChI=1S/C27H34O5/c1-5-15(2)32-24(31)22-21-17(26(4)12-6-16(28)14-19(26)23(22)30)8-13-27-18(21)7-10-25(27,3)11-9-20(27)29/h7,15,17,19H,5-6,8-14H2,1-4H3/t15?,17?,19?,25-,26?,27+/m0/s1. The fraction of sp³-hybridized carbons (Fsp3) is 0.704. The molecule has 0 amide bonds. The number of esters is 1. The van der Waals surface area contributed by atoms with Crippen LogP contribution in [-0.2, 0) is 23.9 Å². The van der Waals surface area contributed by atoms with Crippen LogP contribution in [0.5, 0.6) is 0 Å². The Balaban J connectivity index is 1.72. The maximum absolute atomic E-state index is 13.9. The van der Waals surface area contributed by atoms with Gasteiger partial charge in [0.25, 0.3) is 0 Å². The zero-order valence-electron chi connectivity index (χ0n) is 19.7. The van der Waals surface area contributed by atoms with Crippen molar-refractivity contribution in [2.45, 2.75) is 91.6 Å². The molecule has 5 nitrogen and oxygen atoms in total. The molecule has 5 aliphatic rings. The molecule has 4 unspecified atom stereocenters. The summed E-state index contributed by atoms with van der Waals surface area (Å²) in [5.74, 6) is -0.907. The minimum Gasteiger partial charge on any atom is -0.459 e. The predicted octanol–water partition coefficient (Wildman–Crippen LogP) is 4.68. The highest BCUT2D eigenvalue weighted by atomic mass is 16.5. The molecular weight excluding hydrogens is 404 g/mol. The molecule has 3 fully saturated rings. The van der Waals surface area contributed by atoms with E-state index in [0.717, 1.165) is 36.8 Å². The van der Waals surface area contributed by atoms with Crippen molar-refractivity contribution in [3.05, 3.63) is 22.8 Å². The number of fused-ring (bicyclic) bond motifs is 4. The first kappa shape index (κ1) is 21.8. The second-order valence-corrected chi connectivity index (χ2v) is 11.4. The van der Waals surface area contributed by atoms with Crippen molar-refractivity contribution in [1.82, 2.24) is 0 Å². The molecule has 0 aromatic carbocycles. The van der Waals surface area contributed by atoms with Crippen molar-refractivity contribution in [3.63, 3.8) is 0 Å². The topological polar surface area (TPSA) is 77.5 Å². The zero-order valence-corrected chi connectivity index (χ0v) is 19.7.